The first-order chi connectivity index (χ1) is 12.6. The summed E-state index contributed by atoms with van der Waals surface area (Å²) in [6.07, 6.45) is 3.34. The third-order valence-electron chi connectivity index (χ3n) is 3.75. The highest BCUT2D eigenvalue weighted by Crippen LogP contribution is 2.27. The fourth-order valence-corrected chi connectivity index (χ4v) is 2.99. The molecule has 0 saturated carbocycles. The van der Waals surface area contributed by atoms with Gasteiger partial charge in [-0.05, 0) is 48.5 Å². The lowest BCUT2D eigenvalue weighted by molar-refractivity contribution is 0.102. The van der Waals surface area contributed by atoms with Crippen LogP contribution in [-0.2, 0) is 0 Å². The number of oxazole rings is 1. The number of carbonyl (C=O) groups is 1. The number of aromatic nitrogens is 2. The Bertz CT molecular complexity index is 1110. The molecule has 0 atom stereocenters. The largest absolute Gasteiger partial charge is 0.436 e. The first-order valence-electron chi connectivity index (χ1n) is 7.67. The lowest BCUT2D eigenvalue weighted by atomic mass is 10.2. The lowest BCUT2D eigenvalue weighted by Gasteiger charge is -2.06. The van der Waals surface area contributed by atoms with Crippen molar-refractivity contribution in [2.24, 2.45) is 0 Å². The molecule has 0 radical (unpaired) electrons. The zero-order valence-electron chi connectivity index (χ0n) is 13.2. The second-order valence-corrected chi connectivity index (χ2v) is 6.36. The summed E-state index contributed by atoms with van der Waals surface area (Å²) in [5.41, 5.74) is 3.02. The molecule has 5 nitrogen and oxygen atoms in total. The van der Waals surface area contributed by atoms with Crippen LogP contribution in [0.15, 0.2) is 65.3 Å². The van der Waals surface area contributed by atoms with Crippen LogP contribution in [-0.4, -0.2) is 15.9 Å². The molecule has 0 fully saturated rings. The first-order valence-corrected chi connectivity index (χ1v) is 8.43. The van der Waals surface area contributed by atoms with E-state index in [4.69, 9.17) is 27.6 Å². The van der Waals surface area contributed by atoms with Crippen molar-refractivity contribution in [2.75, 3.05) is 5.32 Å². The summed E-state index contributed by atoms with van der Waals surface area (Å²) in [5, 5.41) is 3.56. The van der Waals surface area contributed by atoms with Crippen LogP contribution in [0.4, 0.5) is 5.69 Å². The number of hydrogen-bond acceptors (Lipinski definition) is 4. The molecule has 128 valence electrons. The molecule has 2 aromatic heterocycles. The van der Waals surface area contributed by atoms with E-state index < -0.39 is 0 Å². The van der Waals surface area contributed by atoms with E-state index in [2.05, 4.69) is 15.3 Å². The number of anilines is 1. The Kier molecular flexibility index (Phi) is 4.32. The van der Waals surface area contributed by atoms with Crippen molar-refractivity contribution in [1.82, 2.24) is 9.97 Å². The van der Waals surface area contributed by atoms with E-state index in [1.54, 1.807) is 42.7 Å². The van der Waals surface area contributed by atoms with Crippen molar-refractivity contribution in [3.05, 3.63) is 76.5 Å². The number of pyridine rings is 1. The van der Waals surface area contributed by atoms with Crippen LogP contribution in [0.2, 0.25) is 10.0 Å². The van der Waals surface area contributed by atoms with Gasteiger partial charge in [-0.3, -0.25) is 9.78 Å². The van der Waals surface area contributed by atoms with Gasteiger partial charge in [0.15, 0.2) is 5.58 Å². The third-order valence-corrected chi connectivity index (χ3v) is 4.30. The topological polar surface area (TPSA) is 68.0 Å². The molecule has 2 aromatic carbocycles. The van der Waals surface area contributed by atoms with Gasteiger partial charge in [0.2, 0.25) is 5.89 Å². The van der Waals surface area contributed by atoms with Crippen molar-refractivity contribution in [2.45, 2.75) is 0 Å². The minimum absolute atomic E-state index is 0.289. The molecule has 4 rings (SSSR count). The summed E-state index contributed by atoms with van der Waals surface area (Å²) in [6, 6.07) is 13.6. The summed E-state index contributed by atoms with van der Waals surface area (Å²) in [7, 11) is 0. The van der Waals surface area contributed by atoms with Gasteiger partial charge in [-0.1, -0.05) is 23.2 Å². The van der Waals surface area contributed by atoms with Gasteiger partial charge in [0, 0.05) is 28.7 Å². The monoisotopic (exact) mass is 383 g/mol. The number of benzene rings is 2. The Morgan fingerprint density at radius 3 is 2.58 bits per heavy atom. The molecular formula is C19H11Cl2N3O2. The van der Waals surface area contributed by atoms with Crippen LogP contribution in [0.1, 0.15) is 10.4 Å². The molecule has 1 N–H and O–H groups in total. The highest BCUT2D eigenvalue weighted by molar-refractivity contribution is 6.37. The normalized spacial score (nSPS) is 10.8. The second-order valence-electron chi connectivity index (χ2n) is 5.52. The molecule has 0 spiro atoms. The van der Waals surface area contributed by atoms with Gasteiger partial charge < -0.3 is 9.73 Å². The van der Waals surface area contributed by atoms with Gasteiger partial charge in [0.1, 0.15) is 5.52 Å². The van der Waals surface area contributed by atoms with Gasteiger partial charge in [-0.15, -0.1) is 0 Å². The van der Waals surface area contributed by atoms with Crippen LogP contribution in [0.25, 0.3) is 22.6 Å². The number of fused-ring (bicyclic) bond motifs is 1. The van der Waals surface area contributed by atoms with E-state index in [0.717, 1.165) is 5.56 Å². The van der Waals surface area contributed by atoms with E-state index >= 15 is 0 Å². The number of hydrogen-bond donors (Lipinski definition) is 1. The average Bonchev–Trinajstić information content (AvgIpc) is 3.05. The van der Waals surface area contributed by atoms with Gasteiger partial charge >= 0.3 is 0 Å². The quantitative estimate of drug-likeness (QED) is 0.510. The zero-order chi connectivity index (χ0) is 18.1. The summed E-state index contributed by atoms with van der Waals surface area (Å²) in [5.74, 6) is 0.162. The Hall–Kier alpha value is -2.89. The smallest absolute Gasteiger partial charge is 0.257 e. The maximum absolute atomic E-state index is 12.4. The van der Waals surface area contributed by atoms with Crippen molar-refractivity contribution >= 4 is 45.9 Å². The van der Waals surface area contributed by atoms with Crippen LogP contribution in [0.3, 0.4) is 0 Å². The van der Waals surface area contributed by atoms with Crippen LogP contribution >= 0.6 is 23.2 Å². The number of halogens is 2. The average molecular weight is 384 g/mol. The predicted molar refractivity (Wildman–Crippen MR) is 102 cm³/mol. The SMILES string of the molecule is O=C(Nc1ccc2oc(-c3ccncc3)nc2c1)c1ccc(Cl)cc1Cl. The molecular weight excluding hydrogens is 373 g/mol. The molecule has 1 amide bonds. The number of rotatable bonds is 3. The van der Waals surface area contributed by atoms with Gasteiger partial charge in [-0.25, -0.2) is 4.98 Å². The molecule has 0 saturated heterocycles. The molecule has 0 aliphatic rings. The second kappa shape index (κ2) is 6.78. The van der Waals surface area contributed by atoms with Gasteiger partial charge in [-0.2, -0.15) is 0 Å². The van der Waals surface area contributed by atoms with E-state index in [-0.39, 0.29) is 10.9 Å². The van der Waals surface area contributed by atoms with Gasteiger partial charge in [0.25, 0.3) is 5.91 Å². The molecule has 7 heteroatoms. The van der Waals surface area contributed by atoms with Gasteiger partial charge in [0.05, 0.1) is 10.6 Å². The Morgan fingerprint density at radius 2 is 1.81 bits per heavy atom. The van der Waals surface area contributed by atoms with Crippen molar-refractivity contribution < 1.29 is 9.21 Å². The maximum Gasteiger partial charge on any atom is 0.257 e. The molecule has 0 aliphatic carbocycles. The highest BCUT2D eigenvalue weighted by Gasteiger charge is 2.13. The van der Waals surface area contributed by atoms with E-state index in [1.165, 1.54) is 6.07 Å². The van der Waals surface area contributed by atoms with Crippen LogP contribution in [0, 0.1) is 0 Å². The molecule has 2 heterocycles. The van der Waals surface area contributed by atoms with E-state index in [0.29, 0.717) is 33.3 Å². The Labute approximate surface area is 158 Å². The van der Waals surface area contributed by atoms with Crippen LogP contribution in [0.5, 0.6) is 0 Å². The predicted octanol–water partition coefficient (Wildman–Crippen LogP) is 5.45. The number of nitrogens with zero attached hydrogens (tertiary/aromatic N) is 2. The van der Waals surface area contributed by atoms with E-state index in [9.17, 15) is 4.79 Å². The fourth-order valence-electron chi connectivity index (χ4n) is 2.50. The fraction of sp³-hybridized carbons (Fsp3) is 0. The Balaban J connectivity index is 1.62. The number of nitrogens with one attached hydrogen (secondary N) is 1. The molecule has 0 aliphatic heterocycles. The molecule has 0 bridgehead atoms. The molecule has 4 aromatic rings. The third kappa shape index (κ3) is 3.27. The molecule has 0 unspecified atom stereocenters. The minimum Gasteiger partial charge on any atom is -0.436 e. The van der Waals surface area contributed by atoms with Crippen molar-refractivity contribution in [1.29, 1.82) is 0 Å². The lowest BCUT2D eigenvalue weighted by Crippen LogP contribution is -2.12. The summed E-state index contributed by atoms with van der Waals surface area (Å²) in [6.45, 7) is 0. The van der Waals surface area contributed by atoms with Crippen LogP contribution < -0.4 is 5.32 Å². The molecule has 26 heavy (non-hydrogen) atoms. The number of amides is 1. The maximum atomic E-state index is 12.4. The first kappa shape index (κ1) is 16.6. The summed E-state index contributed by atoms with van der Waals surface area (Å²) >= 11 is 11.9. The number of carbonyl (C=O) groups excluding carboxylic acids is 1. The van der Waals surface area contributed by atoms with Crippen molar-refractivity contribution in [3.8, 4) is 11.5 Å². The highest BCUT2D eigenvalue weighted by atomic mass is 35.5. The minimum atomic E-state index is -0.330. The Morgan fingerprint density at radius 1 is 1.00 bits per heavy atom. The standard InChI is InChI=1S/C19H11Cl2N3O2/c20-12-1-3-14(15(21)9-12)18(25)23-13-2-4-17-16(10-13)24-19(26-17)11-5-7-22-8-6-11/h1-10H,(H,23,25). The summed E-state index contributed by atoms with van der Waals surface area (Å²) < 4.78 is 5.74. The van der Waals surface area contributed by atoms with E-state index in [1.807, 2.05) is 12.1 Å². The zero-order valence-corrected chi connectivity index (χ0v) is 14.8. The van der Waals surface area contributed by atoms with Crippen molar-refractivity contribution in [3.63, 3.8) is 0 Å². The summed E-state index contributed by atoms with van der Waals surface area (Å²) in [4.78, 5) is 20.9.